The first-order valence-corrected chi connectivity index (χ1v) is 5.97. The van der Waals surface area contributed by atoms with Crippen molar-refractivity contribution < 1.29 is 4.39 Å². The standard InChI is InChI=1S/C16H16FN/c1-4-5-16-12(3)9-13(10-18-16)14-7-6-11(2)8-15(14)17/h4-10H,1-3H3/b5-4-. The van der Waals surface area contributed by atoms with Crippen molar-refractivity contribution in [2.75, 3.05) is 0 Å². The topological polar surface area (TPSA) is 12.9 Å². The average Bonchev–Trinajstić information content (AvgIpc) is 2.32. The summed E-state index contributed by atoms with van der Waals surface area (Å²) in [4.78, 5) is 4.35. The number of pyridine rings is 1. The molecule has 0 aliphatic carbocycles. The van der Waals surface area contributed by atoms with E-state index in [9.17, 15) is 4.39 Å². The van der Waals surface area contributed by atoms with Crippen molar-refractivity contribution in [2.45, 2.75) is 20.8 Å². The van der Waals surface area contributed by atoms with Crippen LogP contribution in [0.2, 0.25) is 0 Å². The molecule has 2 rings (SSSR count). The Hall–Kier alpha value is -1.96. The second kappa shape index (κ2) is 5.13. The Kier molecular flexibility index (Phi) is 3.56. The van der Waals surface area contributed by atoms with E-state index in [1.165, 1.54) is 0 Å². The highest BCUT2D eigenvalue weighted by Crippen LogP contribution is 2.24. The van der Waals surface area contributed by atoms with Crippen molar-refractivity contribution in [2.24, 2.45) is 0 Å². The molecule has 0 bridgehead atoms. The fourth-order valence-corrected chi connectivity index (χ4v) is 1.92. The van der Waals surface area contributed by atoms with Crippen LogP contribution in [0.5, 0.6) is 0 Å². The quantitative estimate of drug-likeness (QED) is 0.752. The summed E-state index contributed by atoms with van der Waals surface area (Å²) in [5, 5.41) is 0. The van der Waals surface area contributed by atoms with Crippen LogP contribution in [0, 0.1) is 19.7 Å². The van der Waals surface area contributed by atoms with Gasteiger partial charge in [0.2, 0.25) is 0 Å². The molecule has 1 aromatic carbocycles. The van der Waals surface area contributed by atoms with Crippen LogP contribution < -0.4 is 0 Å². The van der Waals surface area contributed by atoms with Crippen molar-refractivity contribution in [3.63, 3.8) is 0 Å². The minimum Gasteiger partial charge on any atom is -0.256 e. The van der Waals surface area contributed by atoms with Crippen LogP contribution in [0.1, 0.15) is 23.7 Å². The van der Waals surface area contributed by atoms with Gasteiger partial charge in [-0.1, -0.05) is 18.2 Å². The molecule has 0 amide bonds. The molecule has 0 aliphatic rings. The van der Waals surface area contributed by atoms with Crippen molar-refractivity contribution in [3.8, 4) is 11.1 Å². The first-order chi connectivity index (χ1) is 8.61. The Balaban J connectivity index is 2.48. The number of hydrogen-bond donors (Lipinski definition) is 0. The zero-order valence-corrected chi connectivity index (χ0v) is 10.9. The van der Waals surface area contributed by atoms with Gasteiger partial charge in [-0.25, -0.2) is 4.39 Å². The summed E-state index contributed by atoms with van der Waals surface area (Å²) in [6.07, 6.45) is 5.61. The summed E-state index contributed by atoms with van der Waals surface area (Å²) in [7, 11) is 0. The molecule has 1 nitrogen and oxygen atoms in total. The summed E-state index contributed by atoms with van der Waals surface area (Å²) in [6, 6.07) is 7.23. The van der Waals surface area contributed by atoms with Gasteiger partial charge in [0.1, 0.15) is 5.82 Å². The van der Waals surface area contributed by atoms with E-state index in [0.29, 0.717) is 5.56 Å². The van der Waals surface area contributed by atoms with Crippen molar-refractivity contribution in [1.82, 2.24) is 4.98 Å². The third kappa shape index (κ3) is 2.48. The molecule has 0 aliphatic heterocycles. The predicted molar refractivity (Wildman–Crippen MR) is 73.8 cm³/mol. The molecule has 0 fully saturated rings. The molecule has 18 heavy (non-hydrogen) atoms. The fourth-order valence-electron chi connectivity index (χ4n) is 1.92. The van der Waals surface area contributed by atoms with E-state index >= 15 is 0 Å². The van der Waals surface area contributed by atoms with Crippen molar-refractivity contribution >= 4 is 6.08 Å². The lowest BCUT2D eigenvalue weighted by atomic mass is 10.0. The van der Waals surface area contributed by atoms with E-state index in [4.69, 9.17) is 0 Å². The second-order valence-corrected chi connectivity index (χ2v) is 4.41. The molecular weight excluding hydrogens is 225 g/mol. The highest BCUT2D eigenvalue weighted by atomic mass is 19.1. The van der Waals surface area contributed by atoms with Gasteiger partial charge in [-0.2, -0.15) is 0 Å². The Labute approximate surface area is 107 Å². The van der Waals surface area contributed by atoms with E-state index in [-0.39, 0.29) is 5.82 Å². The molecule has 0 spiro atoms. The molecule has 0 atom stereocenters. The maximum Gasteiger partial charge on any atom is 0.131 e. The molecule has 0 saturated heterocycles. The van der Waals surface area contributed by atoms with Gasteiger partial charge in [-0.3, -0.25) is 4.98 Å². The first kappa shape index (κ1) is 12.5. The van der Waals surface area contributed by atoms with E-state index in [1.807, 2.05) is 45.1 Å². The summed E-state index contributed by atoms with van der Waals surface area (Å²) in [5.74, 6) is -0.199. The third-order valence-corrected chi connectivity index (χ3v) is 2.88. The summed E-state index contributed by atoms with van der Waals surface area (Å²) in [6.45, 7) is 5.82. The summed E-state index contributed by atoms with van der Waals surface area (Å²) < 4.78 is 13.9. The second-order valence-electron chi connectivity index (χ2n) is 4.41. The van der Waals surface area contributed by atoms with Crippen LogP contribution in [-0.4, -0.2) is 4.98 Å². The molecule has 0 saturated carbocycles. The monoisotopic (exact) mass is 241 g/mol. The third-order valence-electron chi connectivity index (χ3n) is 2.88. The molecule has 0 radical (unpaired) electrons. The van der Waals surface area contributed by atoms with Gasteiger partial charge in [0, 0.05) is 17.3 Å². The lowest BCUT2D eigenvalue weighted by Crippen LogP contribution is -1.91. The largest absolute Gasteiger partial charge is 0.256 e. The van der Waals surface area contributed by atoms with Crippen LogP contribution in [0.15, 0.2) is 36.5 Å². The van der Waals surface area contributed by atoms with Gasteiger partial charge in [-0.05, 0) is 50.1 Å². The molecule has 1 heterocycles. The van der Waals surface area contributed by atoms with Crippen LogP contribution in [-0.2, 0) is 0 Å². The molecule has 1 aromatic heterocycles. The van der Waals surface area contributed by atoms with Gasteiger partial charge in [-0.15, -0.1) is 0 Å². The van der Waals surface area contributed by atoms with Crippen LogP contribution in [0.3, 0.4) is 0 Å². The predicted octanol–water partition coefficient (Wildman–Crippen LogP) is 4.54. The van der Waals surface area contributed by atoms with E-state index in [0.717, 1.165) is 22.4 Å². The summed E-state index contributed by atoms with van der Waals surface area (Å²) >= 11 is 0. The molecule has 92 valence electrons. The number of benzene rings is 1. The number of hydrogen-bond acceptors (Lipinski definition) is 1. The maximum atomic E-state index is 13.9. The number of nitrogens with zero attached hydrogens (tertiary/aromatic N) is 1. The van der Waals surface area contributed by atoms with Gasteiger partial charge in [0.15, 0.2) is 0 Å². The van der Waals surface area contributed by atoms with Gasteiger partial charge >= 0.3 is 0 Å². The van der Waals surface area contributed by atoms with E-state index in [2.05, 4.69) is 4.98 Å². The Bertz CT molecular complexity index is 600. The van der Waals surface area contributed by atoms with Gasteiger partial charge in [0.25, 0.3) is 0 Å². The van der Waals surface area contributed by atoms with E-state index < -0.39 is 0 Å². The van der Waals surface area contributed by atoms with Gasteiger partial charge in [0.05, 0.1) is 5.69 Å². The Morgan fingerprint density at radius 1 is 1.17 bits per heavy atom. The highest BCUT2D eigenvalue weighted by molar-refractivity contribution is 5.66. The maximum absolute atomic E-state index is 13.9. The summed E-state index contributed by atoms with van der Waals surface area (Å²) in [5.41, 5.74) is 4.31. The van der Waals surface area contributed by atoms with Crippen LogP contribution in [0.25, 0.3) is 17.2 Å². The normalized spacial score (nSPS) is 11.1. The lowest BCUT2D eigenvalue weighted by molar-refractivity contribution is 0.630. The fraction of sp³-hybridized carbons (Fsp3) is 0.188. The zero-order valence-electron chi connectivity index (χ0n) is 10.9. The number of aryl methyl sites for hydroxylation is 2. The number of allylic oxidation sites excluding steroid dienone is 1. The molecule has 0 N–H and O–H groups in total. The SMILES string of the molecule is C/C=C\c1ncc(-c2ccc(C)cc2F)cc1C. The molecule has 2 aromatic rings. The lowest BCUT2D eigenvalue weighted by Gasteiger charge is -2.07. The molecular formula is C16H16FN. The number of aromatic nitrogens is 1. The first-order valence-electron chi connectivity index (χ1n) is 5.97. The minimum absolute atomic E-state index is 0.199. The van der Waals surface area contributed by atoms with Crippen molar-refractivity contribution in [1.29, 1.82) is 0 Å². The molecule has 0 unspecified atom stereocenters. The highest BCUT2D eigenvalue weighted by Gasteiger charge is 2.07. The Morgan fingerprint density at radius 3 is 2.56 bits per heavy atom. The average molecular weight is 241 g/mol. The smallest absolute Gasteiger partial charge is 0.131 e. The van der Waals surface area contributed by atoms with Crippen molar-refractivity contribution in [3.05, 3.63) is 59.2 Å². The minimum atomic E-state index is -0.199. The number of halogens is 1. The van der Waals surface area contributed by atoms with Crippen LogP contribution >= 0.6 is 0 Å². The molecule has 2 heteroatoms. The Morgan fingerprint density at radius 2 is 1.94 bits per heavy atom. The van der Waals surface area contributed by atoms with Gasteiger partial charge < -0.3 is 0 Å². The number of rotatable bonds is 2. The van der Waals surface area contributed by atoms with E-state index in [1.54, 1.807) is 18.3 Å². The zero-order chi connectivity index (χ0) is 13.1. The van der Waals surface area contributed by atoms with Crippen LogP contribution in [0.4, 0.5) is 4.39 Å².